The summed E-state index contributed by atoms with van der Waals surface area (Å²) < 4.78 is 0. The lowest BCUT2D eigenvalue weighted by atomic mass is 9.72. The lowest BCUT2D eigenvalue weighted by Gasteiger charge is -2.34. The van der Waals surface area contributed by atoms with Gasteiger partial charge >= 0.3 is 0 Å². The summed E-state index contributed by atoms with van der Waals surface area (Å²) in [5.41, 5.74) is 1.99. The standard InChI is InChI=1S/C13H22O/c1-9(2)11-5-7-13(3)6-4-10(14)8-12(11)13/h8-11,14H,4-7H2,1-3H3/t10-,11-,13-/m0/s1. The average Bonchev–Trinajstić information content (AvgIpc) is 2.43. The third kappa shape index (κ3) is 1.52. The van der Waals surface area contributed by atoms with E-state index in [0.717, 1.165) is 18.3 Å². The molecule has 1 nitrogen and oxygen atoms in total. The van der Waals surface area contributed by atoms with Crippen LogP contribution in [-0.2, 0) is 0 Å². The molecule has 0 radical (unpaired) electrons. The van der Waals surface area contributed by atoms with Crippen molar-refractivity contribution in [2.24, 2.45) is 17.3 Å². The molecule has 0 aliphatic heterocycles. The fraction of sp³-hybridized carbons (Fsp3) is 0.846. The van der Waals surface area contributed by atoms with Crippen LogP contribution in [0.1, 0.15) is 46.5 Å². The SMILES string of the molecule is CC(C)[C@@H]1CC[C@]2(C)CC[C@H](O)C=C12. The fourth-order valence-corrected chi connectivity index (χ4v) is 3.27. The zero-order valence-corrected chi connectivity index (χ0v) is 9.59. The Kier molecular flexibility index (Phi) is 2.46. The smallest absolute Gasteiger partial charge is 0.0724 e. The van der Waals surface area contributed by atoms with Crippen molar-refractivity contribution >= 4 is 0 Å². The summed E-state index contributed by atoms with van der Waals surface area (Å²) in [7, 11) is 0. The minimum atomic E-state index is -0.169. The maximum Gasteiger partial charge on any atom is 0.0724 e. The average molecular weight is 194 g/mol. The van der Waals surface area contributed by atoms with E-state index in [-0.39, 0.29) is 6.10 Å². The molecule has 1 fully saturated rings. The molecule has 0 saturated heterocycles. The molecule has 2 aliphatic carbocycles. The monoisotopic (exact) mass is 194 g/mol. The van der Waals surface area contributed by atoms with E-state index in [2.05, 4.69) is 26.8 Å². The molecule has 0 aromatic carbocycles. The molecular weight excluding hydrogens is 172 g/mol. The van der Waals surface area contributed by atoms with Gasteiger partial charge in [-0.25, -0.2) is 0 Å². The molecule has 3 atom stereocenters. The van der Waals surface area contributed by atoms with Crippen molar-refractivity contribution < 1.29 is 5.11 Å². The highest BCUT2D eigenvalue weighted by atomic mass is 16.3. The molecule has 80 valence electrons. The van der Waals surface area contributed by atoms with Gasteiger partial charge in [0.2, 0.25) is 0 Å². The van der Waals surface area contributed by atoms with Gasteiger partial charge in [-0.3, -0.25) is 0 Å². The Bertz CT molecular complexity index is 254. The Morgan fingerprint density at radius 1 is 1.36 bits per heavy atom. The van der Waals surface area contributed by atoms with E-state index < -0.39 is 0 Å². The lowest BCUT2D eigenvalue weighted by Crippen LogP contribution is -2.26. The molecule has 1 N–H and O–H groups in total. The summed E-state index contributed by atoms with van der Waals surface area (Å²) in [5, 5.41) is 9.69. The molecule has 0 aromatic heterocycles. The van der Waals surface area contributed by atoms with Crippen molar-refractivity contribution in [2.45, 2.75) is 52.6 Å². The molecule has 1 heteroatoms. The summed E-state index contributed by atoms with van der Waals surface area (Å²) in [6, 6.07) is 0. The molecule has 0 aromatic rings. The van der Waals surface area contributed by atoms with E-state index in [1.807, 2.05) is 0 Å². The second-order valence-electron chi connectivity index (χ2n) is 5.68. The summed E-state index contributed by atoms with van der Waals surface area (Å²) in [4.78, 5) is 0. The first kappa shape index (κ1) is 10.2. The van der Waals surface area contributed by atoms with Crippen LogP contribution in [0.15, 0.2) is 11.6 Å². The van der Waals surface area contributed by atoms with E-state index in [0.29, 0.717) is 5.41 Å². The third-order valence-corrected chi connectivity index (χ3v) is 4.27. The second-order valence-corrected chi connectivity index (χ2v) is 5.68. The van der Waals surface area contributed by atoms with E-state index in [4.69, 9.17) is 0 Å². The van der Waals surface area contributed by atoms with Gasteiger partial charge in [-0.05, 0) is 42.9 Å². The van der Waals surface area contributed by atoms with Gasteiger partial charge in [-0.1, -0.05) is 32.4 Å². The van der Waals surface area contributed by atoms with Crippen LogP contribution in [0.4, 0.5) is 0 Å². The van der Waals surface area contributed by atoms with Gasteiger partial charge in [0, 0.05) is 0 Å². The summed E-state index contributed by atoms with van der Waals surface area (Å²) in [5.74, 6) is 1.46. The highest BCUT2D eigenvalue weighted by Crippen LogP contribution is 2.53. The first-order valence-corrected chi connectivity index (χ1v) is 5.93. The Morgan fingerprint density at radius 2 is 2.00 bits per heavy atom. The van der Waals surface area contributed by atoms with Crippen molar-refractivity contribution in [1.29, 1.82) is 0 Å². The van der Waals surface area contributed by atoms with Crippen molar-refractivity contribution in [3.8, 4) is 0 Å². The van der Waals surface area contributed by atoms with Crippen LogP contribution in [0, 0.1) is 17.3 Å². The quantitative estimate of drug-likeness (QED) is 0.636. The van der Waals surface area contributed by atoms with Gasteiger partial charge in [-0.15, -0.1) is 0 Å². The third-order valence-electron chi connectivity index (χ3n) is 4.27. The van der Waals surface area contributed by atoms with Crippen LogP contribution < -0.4 is 0 Å². The molecule has 2 rings (SSSR count). The van der Waals surface area contributed by atoms with Crippen molar-refractivity contribution in [2.75, 3.05) is 0 Å². The van der Waals surface area contributed by atoms with Crippen LogP contribution in [0.3, 0.4) is 0 Å². The number of aliphatic hydroxyl groups excluding tert-OH is 1. The van der Waals surface area contributed by atoms with Gasteiger partial charge in [0.1, 0.15) is 0 Å². The molecule has 2 aliphatic rings. The summed E-state index contributed by atoms with van der Waals surface area (Å²) >= 11 is 0. The van der Waals surface area contributed by atoms with Gasteiger partial charge in [0.05, 0.1) is 6.10 Å². The number of allylic oxidation sites excluding steroid dienone is 1. The number of fused-ring (bicyclic) bond motifs is 1. The zero-order valence-electron chi connectivity index (χ0n) is 9.59. The fourth-order valence-electron chi connectivity index (χ4n) is 3.27. The van der Waals surface area contributed by atoms with Crippen LogP contribution in [0.2, 0.25) is 0 Å². The minimum Gasteiger partial charge on any atom is -0.389 e. The predicted molar refractivity (Wildman–Crippen MR) is 59.0 cm³/mol. The summed E-state index contributed by atoms with van der Waals surface area (Å²) in [6.07, 6.45) is 6.79. The largest absolute Gasteiger partial charge is 0.389 e. The van der Waals surface area contributed by atoms with Gasteiger partial charge in [0.25, 0.3) is 0 Å². The molecule has 14 heavy (non-hydrogen) atoms. The molecule has 0 amide bonds. The molecular formula is C13H22O. The maximum absolute atomic E-state index is 9.69. The van der Waals surface area contributed by atoms with Crippen molar-refractivity contribution in [3.63, 3.8) is 0 Å². The van der Waals surface area contributed by atoms with E-state index in [9.17, 15) is 5.11 Å². The normalized spacial score (nSPS) is 42.5. The maximum atomic E-state index is 9.69. The van der Waals surface area contributed by atoms with Crippen LogP contribution in [-0.4, -0.2) is 11.2 Å². The second kappa shape index (κ2) is 3.37. The van der Waals surface area contributed by atoms with Crippen molar-refractivity contribution in [3.05, 3.63) is 11.6 Å². The predicted octanol–water partition coefficient (Wildman–Crippen LogP) is 3.14. The van der Waals surface area contributed by atoms with E-state index in [1.165, 1.54) is 19.3 Å². The van der Waals surface area contributed by atoms with E-state index >= 15 is 0 Å². The van der Waals surface area contributed by atoms with Crippen molar-refractivity contribution in [1.82, 2.24) is 0 Å². The summed E-state index contributed by atoms with van der Waals surface area (Å²) in [6.45, 7) is 6.99. The Labute approximate surface area is 87.2 Å². The first-order valence-electron chi connectivity index (χ1n) is 5.93. The molecule has 0 spiro atoms. The van der Waals surface area contributed by atoms with E-state index in [1.54, 1.807) is 5.57 Å². The number of hydrogen-bond donors (Lipinski definition) is 1. The minimum absolute atomic E-state index is 0.169. The Morgan fingerprint density at radius 3 is 2.64 bits per heavy atom. The topological polar surface area (TPSA) is 20.2 Å². The molecule has 0 bridgehead atoms. The molecule has 1 saturated carbocycles. The molecule has 0 unspecified atom stereocenters. The lowest BCUT2D eigenvalue weighted by molar-refractivity contribution is 0.169. The Hall–Kier alpha value is -0.300. The first-order chi connectivity index (χ1) is 6.53. The number of hydrogen-bond acceptors (Lipinski definition) is 1. The van der Waals surface area contributed by atoms with Gasteiger partial charge < -0.3 is 5.11 Å². The van der Waals surface area contributed by atoms with Crippen LogP contribution in [0.25, 0.3) is 0 Å². The zero-order chi connectivity index (χ0) is 10.3. The van der Waals surface area contributed by atoms with Crippen LogP contribution >= 0.6 is 0 Å². The highest BCUT2D eigenvalue weighted by Gasteiger charge is 2.43. The number of aliphatic hydroxyl groups is 1. The Balaban J connectivity index is 2.29. The van der Waals surface area contributed by atoms with Gasteiger partial charge in [0.15, 0.2) is 0 Å². The van der Waals surface area contributed by atoms with Crippen LogP contribution in [0.5, 0.6) is 0 Å². The number of rotatable bonds is 1. The highest BCUT2D eigenvalue weighted by molar-refractivity contribution is 5.26. The molecule has 0 heterocycles. The van der Waals surface area contributed by atoms with Gasteiger partial charge in [-0.2, -0.15) is 0 Å².